The Kier molecular flexibility index (Phi) is 4.03. The number of benzene rings is 2. The summed E-state index contributed by atoms with van der Waals surface area (Å²) >= 11 is 0. The van der Waals surface area contributed by atoms with E-state index in [2.05, 4.69) is 0 Å². The van der Waals surface area contributed by atoms with Crippen molar-refractivity contribution in [3.8, 4) is 17.2 Å². The van der Waals surface area contributed by atoms with Gasteiger partial charge in [0.15, 0.2) is 0 Å². The van der Waals surface area contributed by atoms with Crippen LogP contribution >= 0.6 is 0 Å². The van der Waals surface area contributed by atoms with E-state index >= 15 is 0 Å². The number of nitro benzene ring substituents is 1. The molecule has 0 bridgehead atoms. The van der Waals surface area contributed by atoms with Crippen LogP contribution in [0.4, 0.5) is 5.69 Å². The minimum atomic E-state index is -0.744. The van der Waals surface area contributed by atoms with E-state index in [9.17, 15) is 14.9 Å². The maximum Gasteiger partial charge on any atom is 0.312 e. The van der Waals surface area contributed by atoms with E-state index in [0.717, 1.165) is 6.07 Å². The first kappa shape index (κ1) is 14.3. The van der Waals surface area contributed by atoms with Crippen molar-refractivity contribution in [1.29, 1.82) is 0 Å². The Labute approximate surface area is 120 Å². The Morgan fingerprint density at radius 1 is 1.19 bits per heavy atom. The lowest BCUT2D eigenvalue weighted by atomic mass is 10.2. The first-order valence-corrected chi connectivity index (χ1v) is 5.91. The summed E-state index contributed by atoms with van der Waals surface area (Å²) in [6.07, 6.45) is 0. The van der Waals surface area contributed by atoms with Crippen LogP contribution in [0.15, 0.2) is 42.5 Å². The van der Waals surface area contributed by atoms with Gasteiger partial charge in [0.2, 0.25) is 11.7 Å². The number of nitro groups is 1. The molecule has 1 amide bonds. The third-order valence-corrected chi connectivity index (χ3v) is 2.71. The second-order valence-electron chi connectivity index (χ2n) is 4.08. The summed E-state index contributed by atoms with van der Waals surface area (Å²) in [5, 5.41) is 11.1. The molecule has 21 heavy (non-hydrogen) atoms. The van der Waals surface area contributed by atoms with E-state index in [1.54, 1.807) is 24.3 Å². The van der Waals surface area contributed by atoms with Crippen LogP contribution in [0.1, 0.15) is 10.4 Å². The molecule has 108 valence electrons. The van der Waals surface area contributed by atoms with Gasteiger partial charge in [0, 0.05) is 17.7 Å². The molecule has 0 aromatic heterocycles. The molecule has 0 heterocycles. The summed E-state index contributed by atoms with van der Waals surface area (Å²) in [5.74, 6) is 0.206. The van der Waals surface area contributed by atoms with Crippen LogP contribution in [0.2, 0.25) is 0 Å². The average Bonchev–Trinajstić information content (AvgIpc) is 2.47. The molecular weight excluding hydrogens is 276 g/mol. The van der Waals surface area contributed by atoms with Crippen molar-refractivity contribution in [2.24, 2.45) is 5.73 Å². The molecule has 2 aromatic carbocycles. The van der Waals surface area contributed by atoms with Crippen molar-refractivity contribution in [2.45, 2.75) is 0 Å². The van der Waals surface area contributed by atoms with E-state index in [0.29, 0.717) is 11.5 Å². The highest BCUT2D eigenvalue weighted by atomic mass is 16.6. The van der Waals surface area contributed by atoms with Crippen molar-refractivity contribution in [1.82, 2.24) is 0 Å². The Balaban J connectivity index is 2.38. The monoisotopic (exact) mass is 288 g/mol. The third kappa shape index (κ3) is 3.27. The Hall–Kier alpha value is -3.09. The molecule has 0 radical (unpaired) electrons. The highest BCUT2D eigenvalue weighted by Gasteiger charge is 2.18. The molecule has 0 aliphatic carbocycles. The lowest BCUT2D eigenvalue weighted by Crippen LogP contribution is -2.11. The zero-order valence-corrected chi connectivity index (χ0v) is 11.1. The van der Waals surface area contributed by atoms with Crippen molar-refractivity contribution in [3.05, 3.63) is 58.1 Å². The molecule has 2 rings (SSSR count). The van der Waals surface area contributed by atoms with Gasteiger partial charge in [0.05, 0.1) is 12.0 Å². The number of carbonyl (C=O) groups excluding carboxylic acids is 1. The number of nitrogens with two attached hydrogens (primary N) is 1. The fourth-order valence-corrected chi connectivity index (χ4v) is 1.69. The van der Waals surface area contributed by atoms with Gasteiger partial charge in [-0.05, 0) is 24.3 Å². The Morgan fingerprint density at radius 3 is 2.52 bits per heavy atom. The number of carbonyl (C=O) groups is 1. The van der Waals surface area contributed by atoms with Gasteiger partial charge in [0.1, 0.15) is 11.5 Å². The zero-order valence-electron chi connectivity index (χ0n) is 11.1. The zero-order chi connectivity index (χ0) is 15.4. The Bertz CT molecular complexity index is 700. The molecule has 0 fully saturated rings. The van der Waals surface area contributed by atoms with E-state index in [1.807, 2.05) is 0 Å². The summed E-state index contributed by atoms with van der Waals surface area (Å²) in [6, 6.07) is 10.4. The van der Waals surface area contributed by atoms with Crippen LogP contribution in [0.25, 0.3) is 0 Å². The van der Waals surface area contributed by atoms with Crippen molar-refractivity contribution in [2.75, 3.05) is 7.11 Å². The van der Waals surface area contributed by atoms with Crippen LogP contribution in [-0.4, -0.2) is 17.9 Å². The number of ether oxygens (including phenoxy) is 2. The number of primary amides is 1. The summed E-state index contributed by atoms with van der Waals surface area (Å²) in [4.78, 5) is 21.5. The van der Waals surface area contributed by atoms with E-state index in [1.165, 1.54) is 19.2 Å². The molecule has 0 spiro atoms. The highest BCUT2D eigenvalue weighted by molar-refractivity contribution is 5.93. The molecule has 0 unspecified atom stereocenters. The van der Waals surface area contributed by atoms with Gasteiger partial charge in [-0.3, -0.25) is 14.9 Å². The lowest BCUT2D eigenvalue weighted by molar-refractivity contribution is -0.385. The van der Waals surface area contributed by atoms with Crippen molar-refractivity contribution >= 4 is 11.6 Å². The number of hydrogen-bond acceptors (Lipinski definition) is 5. The van der Waals surface area contributed by atoms with Gasteiger partial charge in [-0.2, -0.15) is 0 Å². The highest BCUT2D eigenvalue weighted by Crippen LogP contribution is 2.33. The standard InChI is InChI=1S/C14H12N2O5/c1-20-10-3-2-4-11(8-10)21-13-6-5-9(14(15)17)7-12(13)16(18)19/h2-8H,1H3,(H2,15,17). The Morgan fingerprint density at radius 2 is 1.90 bits per heavy atom. The number of methoxy groups -OCH3 is 1. The number of amides is 1. The smallest absolute Gasteiger partial charge is 0.312 e. The number of nitrogens with zero attached hydrogens (tertiary/aromatic N) is 1. The quantitative estimate of drug-likeness (QED) is 0.672. The lowest BCUT2D eigenvalue weighted by Gasteiger charge is -2.08. The van der Waals surface area contributed by atoms with Crippen LogP contribution < -0.4 is 15.2 Å². The second-order valence-corrected chi connectivity index (χ2v) is 4.08. The fraction of sp³-hybridized carbons (Fsp3) is 0.0714. The molecule has 0 aliphatic heterocycles. The maximum atomic E-state index is 11.1. The van der Waals surface area contributed by atoms with E-state index in [-0.39, 0.29) is 17.0 Å². The van der Waals surface area contributed by atoms with Gasteiger partial charge in [-0.15, -0.1) is 0 Å². The third-order valence-electron chi connectivity index (χ3n) is 2.71. The van der Waals surface area contributed by atoms with Crippen LogP contribution in [0.5, 0.6) is 17.2 Å². The molecule has 0 saturated heterocycles. The van der Waals surface area contributed by atoms with E-state index < -0.39 is 10.8 Å². The molecule has 2 N–H and O–H groups in total. The maximum absolute atomic E-state index is 11.1. The average molecular weight is 288 g/mol. The number of rotatable bonds is 5. The minimum absolute atomic E-state index is 0.0123. The summed E-state index contributed by atoms with van der Waals surface area (Å²) in [5.41, 5.74) is 4.81. The normalized spacial score (nSPS) is 9.95. The van der Waals surface area contributed by atoms with Crippen molar-refractivity contribution in [3.63, 3.8) is 0 Å². The molecule has 0 aliphatic rings. The minimum Gasteiger partial charge on any atom is -0.497 e. The molecule has 7 nitrogen and oxygen atoms in total. The molecule has 7 heteroatoms. The van der Waals surface area contributed by atoms with Crippen LogP contribution in [0.3, 0.4) is 0 Å². The summed E-state index contributed by atoms with van der Waals surface area (Å²) < 4.78 is 10.5. The van der Waals surface area contributed by atoms with Gasteiger partial charge in [-0.1, -0.05) is 6.07 Å². The SMILES string of the molecule is COc1cccc(Oc2ccc(C(N)=O)cc2[N+](=O)[O-])c1. The number of hydrogen-bond donors (Lipinski definition) is 1. The predicted octanol–water partition coefficient (Wildman–Crippen LogP) is 2.49. The topological polar surface area (TPSA) is 105 Å². The largest absolute Gasteiger partial charge is 0.497 e. The molecule has 2 aromatic rings. The molecular formula is C14H12N2O5. The first-order chi connectivity index (χ1) is 10.0. The van der Waals surface area contributed by atoms with Crippen molar-refractivity contribution < 1.29 is 19.2 Å². The van der Waals surface area contributed by atoms with E-state index in [4.69, 9.17) is 15.2 Å². The van der Waals surface area contributed by atoms with Crippen LogP contribution in [0, 0.1) is 10.1 Å². The summed E-state index contributed by atoms with van der Waals surface area (Å²) in [7, 11) is 1.50. The molecule has 0 atom stereocenters. The van der Waals surface area contributed by atoms with Gasteiger partial charge in [-0.25, -0.2) is 0 Å². The summed E-state index contributed by atoms with van der Waals surface area (Å²) in [6.45, 7) is 0. The van der Waals surface area contributed by atoms with Gasteiger partial charge in [0.25, 0.3) is 0 Å². The van der Waals surface area contributed by atoms with Crippen LogP contribution in [-0.2, 0) is 0 Å². The molecule has 0 saturated carbocycles. The second kappa shape index (κ2) is 5.91. The van der Waals surface area contributed by atoms with Gasteiger partial charge < -0.3 is 15.2 Å². The fourth-order valence-electron chi connectivity index (χ4n) is 1.69. The first-order valence-electron chi connectivity index (χ1n) is 5.91. The van der Waals surface area contributed by atoms with Gasteiger partial charge >= 0.3 is 5.69 Å². The predicted molar refractivity (Wildman–Crippen MR) is 74.7 cm³/mol.